The van der Waals surface area contributed by atoms with E-state index >= 15 is 0 Å². The van der Waals surface area contributed by atoms with Gasteiger partial charge in [0, 0.05) is 13.2 Å². The Balaban J connectivity index is 2.53. The lowest BCUT2D eigenvalue weighted by molar-refractivity contribution is -0.147. The van der Waals surface area contributed by atoms with Crippen LogP contribution in [0.4, 0.5) is 0 Å². The number of carbonyl (C=O) groups is 1. The Morgan fingerprint density at radius 3 is 2.81 bits per heavy atom. The number of rotatable bonds is 5. The van der Waals surface area contributed by atoms with Crippen molar-refractivity contribution in [2.45, 2.75) is 25.6 Å². The Morgan fingerprint density at radius 1 is 1.62 bits per heavy atom. The van der Waals surface area contributed by atoms with Crippen molar-refractivity contribution in [3.63, 3.8) is 0 Å². The molecule has 1 aromatic heterocycles. The number of esters is 1. The monoisotopic (exact) mass is 228 g/mol. The summed E-state index contributed by atoms with van der Waals surface area (Å²) in [5.74, 6) is -0.537. The summed E-state index contributed by atoms with van der Waals surface area (Å²) in [6.45, 7) is 1.94. The molecule has 16 heavy (non-hydrogen) atoms. The molecule has 0 spiro atoms. The minimum Gasteiger partial charge on any atom is -0.466 e. The zero-order valence-electron chi connectivity index (χ0n) is 9.33. The molecule has 1 aromatic rings. The lowest BCUT2D eigenvalue weighted by Gasteiger charge is -2.14. The molecule has 6 heteroatoms. The van der Waals surface area contributed by atoms with Crippen molar-refractivity contribution in [2.24, 2.45) is 7.05 Å². The smallest absolute Gasteiger partial charge is 0.308 e. The zero-order valence-corrected chi connectivity index (χ0v) is 9.33. The largest absolute Gasteiger partial charge is 0.466 e. The summed E-state index contributed by atoms with van der Waals surface area (Å²) in [6, 6.07) is 1.58. The molecule has 0 aliphatic rings. The van der Waals surface area contributed by atoms with Crippen LogP contribution in [0, 0.1) is 0 Å². The van der Waals surface area contributed by atoms with Crippen molar-refractivity contribution >= 4 is 5.97 Å². The van der Waals surface area contributed by atoms with Crippen molar-refractivity contribution in [3.05, 3.63) is 18.0 Å². The molecule has 0 saturated heterocycles. The van der Waals surface area contributed by atoms with Gasteiger partial charge in [-0.05, 0) is 13.0 Å². The fraction of sp³-hybridized carbons (Fsp3) is 0.600. The molecular weight excluding hydrogens is 212 g/mol. The molecule has 0 fully saturated rings. The fourth-order valence-electron chi connectivity index (χ4n) is 1.29. The van der Waals surface area contributed by atoms with Crippen LogP contribution in [-0.4, -0.2) is 38.7 Å². The second-order valence-electron chi connectivity index (χ2n) is 3.44. The van der Waals surface area contributed by atoms with E-state index in [2.05, 4.69) is 9.84 Å². The van der Waals surface area contributed by atoms with Crippen molar-refractivity contribution < 1.29 is 19.7 Å². The summed E-state index contributed by atoms with van der Waals surface area (Å²) < 4.78 is 6.18. The van der Waals surface area contributed by atoms with Gasteiger partial charge < -0.3 is 14.9 Å². The van der Waals surface area contributed by atoms with E-state index in [0.717, 1.165) is 0 Å². The third-order valence-corrected chi connectivity index (χ3v) is 2.08. The van der Waals surface area contributed by atoms with E-state index in [9.17, 15) is 15.0 Å². The molecule has 2 atom stereocenters. The SMILES string of the molecule is CCOC(=O)CC(O)C(O)c1ccn(C)n1. The first-order valence-corrected chi connectivity index (χ1v) is 5.06. The highest BCUT2D eigenvalue weighted by atomic mass is 16.5. The van der Waals surface area contributed by atoms with E-state index in [0.29, 0.717) is 5.69 Å². The van der Waals surface area contributed by atoms with Gasteiger partial charge in [-0.3, -0.25) is 9.48 Å². The van der Waals surface area contributed by atoms with Gasteiger partial charge in [0.15, 0.2) is 0 Å². The molecular formula is C10H16N2O4. The Hall–Kier alpha value is -1.40. The van der Waals surface area contributed by atoms with Crippen LogP contribution in [0.3, 0.4) is 0 Å². The van der Waals surface area contributed by atoms with Crippen molar-refractivity contribution in [2.75, 3.05) is 6.61 Å². The van der Waals surface area contributed by atoms with Gasteiger partial charge in [0.05, 0.1) is 24.8 Å². The number of aryl methyl sites for hydroxylation is 1. The topological polar surface area (TPSA) is 84.6 Å². The quantitative estimate of drug-likeness (QED) is 0.680. The van der Waals surface area contributed by atoms with E-state index in [4.69, 9.17) is 0 Å². The second kappa shape index (κ2) is 5.62. The maximum Gasteiger partial charge on any atom is 0.308 e. The number of aliphatic hydroxyl groups is 2. The van der Waals surface area contributed by atoms with Crippen molar-refractivity contribution in [1.82, 2.24) is 9.78 Å². The van der Waals surface area contributed by atoms with Gasteiger partial charge in [-0.1, -0.05) is 0 Å². The van der Waals surface area contributed by atoms with E-state index in [1.54, 1.807) is 26.2 Å². The summed E-state index contributed by atoms with van der Waals surface area (Å²) in [6.07, 6.45) is -0.971. The highest BCUT2D eigenvalue weighted by molar-refractivity contribution is 5.70. The Morgan fingerprint density at radius 2 is 2.31 bits per heavy atom. The predicted octanol–water partition coefficient (Wildman–Crippen LogP) is -0.232. The Labute approximate surface area is 93.5 Å². The summed E-state index contributed by atoms with van der Waals surface area (Å²) in [5.41, 5.74) is 0.333. The first kappa shape index (κ1) is 12.7. The minimum atomic E-state index is -1.20. The molecule has 0 saturated carbocycles. The van der Waals surface area contributed by atoms with Crippen molar-refractivity contribution in [3.8, 4) is 0 Å². The minimum absolute atomic E-state index is 0.244. The molecule has 1 rings (SSSR count). The van der Waals surface area contributed by atoms with Gasteiger partial charge in [0.1, 0.15) is 6.10 Å². The van der Waals surface area contributed by atoms with Crippen LogP contribution in [0.25, 0.3) is 0 Å². The highest BCUT2D eigenvalue weighted by Gasteiger charge is 2.23. The average Bonchev–Trinajstić information content (AvgIpc) is 2.64. The predicted molar refractivity (Wildman–Crippen MR) is 55.4 cm³/mol. The summed E-state index contributed by atoms with van der Waals surface area (Å²) in [5, 5.41) is 23.2. The van der Waals surface area contributed by atoms with Gasteiger partial charge in [0.25, 0.3) is 0 Å². The van der Waals surface area contributed by atoms with E-state index < -0.39 is 18.2 Å². The molecule has 2 N–H and O–H groups in total. The molecule has 90 valence electrons. The lowest BCUT2D eigenvalue weighted by Crippen LogP contribution is -2.23. The third-order valence-electron chi connectivity index (χ3n) is 2.08. The molecule has 0 bridgehead atoms. The van der Waals surface area contributed by atoms with Crippen LogP contribution in [0.5, 0.6) is 0 Å². The van der Waals surface area contributed by atoms with E-state index in [1.807, 2.05) is 0 Å². The van der Waals surface area contributed by atoms with Gasteiger partial charge in [-0.15, -0.1) is 0 Å². The van der Waals surface area contributed by atoms with Crippen LogP contribution in [0.15, 0.2) is 12.3 Å². The fourth-order valence-corrected chi connectivity index (χ4v) is 1.29. The maximum atomic E-state index is 11.1. The van der Waals surface area contributed by atoms with Crippen LogP contribution in [0.2, 0.25) is 0 Å². The molecule has 0 radical (unpaired) electrons. The number of hydrogen-bond donors (Lipinski definition) is 2. The first-order chi connectivity index (χ1) is 7.54. The highest BCUT2D eigenvalue weighted by Crippen LogP contribution is 2.16. The molecule has 2 unspecified atom stereocenters. The van der Waals surface area contributed by atoms with Gasteiger partial charge >= 0.3 is 5.97 Å². The standard InChI is InChI=1S/C10H16N2O4/c1-3-16-9(14)6-8(13)10(15)7-4-5-12(2)11-7/h4-5,8,10,13,15H,3,6H2,1-2H3. The number of ether oxygens (including phenoxy) is 1. The van der Waals surface area contributed by atoms with Crippen LogP contribution < -0.4 is 0 Å². The zero-order chi connectivity index (χ0) is 12.1. The van der Waals surface area contributed by atoms with E-state index in [1.165, 1.54) is 4.68 Å². The molecule has 0 amide bonds. The van der Waals surface area contributed by atoms with E-state index in [-0.39, 0.29) is 13.0 Å². The Bertz CT molecular complexity index is 350. The number of aliphatic hydroxyl groups excluding tert-OH is 2. The molecule has 1 heterocycles. The molecule has 0 aliphatic heterocycles. The van der Waals surface area contributed by atoms with Gasteiger partial charge in [-0.25, -0.2) is 0 Å². The average molecular weight is 228 g/mol. The first-order valence-electron chi connectivity index (χ1n) is 5.06. The number of nitrogens with zero attached hydrogens (tertiary/aromatic N) is 2. The van der Waals surface area contributed by atoms with Crippen LogP contribution in [-0.2, 0) is 16.6 Å². The van der Waals surface area contributed by atoms with Gasteiger partial charge in [0.2, 0.25) is 0 Å². The summed E-state index contributed by atoms with van der Waals surface area (Å²) in [4.78, 5) is 11.1. The molecule has 0 aliphatic carbocycles. The third kappa shape index (κ3) is 3.32. The number of hydrogen-bond acceptors (Lipinski definition) is 5. The Kier molecular flexibility index (Phi) is 4.45. The van der Waals surface area contributed by atoms with Gasteiger partial charge in [-0.2, -0.15) is 5.10 Å². The van der Waals surface area contributed by atoms with Crippen LogP contribution in [0.1, 0.15) is 25.1 Å². The summed E-state index contributed by atoms with van der Waals surface area (Å²) >= 11 is 0. The van der Waals surface area contributed by atoms with Crippen molar-refractivity contribution in [1.29, 1.82) is 0 Å². The summed E-state index contributed by atoms with van der Waals surface area (Å²) in [7, 11) is 1.70. The van der Waals surface area contributed by atoms with Crippen LogP contribution >= 0.6 is 0 Å². The maximum absolute atomic E-state index is 11.1. The lowest BCUT2D eigenvalue weighted by atomic mass is 10.1. The number of aromatic nitrogens is 2. The number of carbonyl (C=O) groups excluding carboxylic acids is 1. The second-order valence-corrected chi connectivity index (χ2v) is 3.44. The molecule has 0 aromatic carbocycles. The normalized spacial score (nSPS) is 14.5. The molecule has 6 nitrogen and oxygen atoms in total.